The van der Waals surface area contributed by atoms with Crippen LogP contribution in [0.25, 0.3) is 0 Å². The lowest BCUT2D eigenvalue weighted by molar-refractivity contribution is 0.180. The number of hydrogen-bond donors (Lipinski definition) is 1. The van der Waals surface area contributed by atoms with Crippen molar-refractivity contribution in [3.8, 4) is 0 Å². The van der Waals surface area contributed by atoms with Crippen molar-refractivity contribution in [3.05, 3.63) is 33.9 Å². The van der Waals surface area contributed by atoms with Gasteiger partial charge in [-0.3, -0.25) is 0 Å². The summed E-state index contributed by atoms with van der Waals surface area (Å²) in [6.07, 6.45) is 5.51. The summed E-state index contributed by atoms with van der Waals surface area (Å²) < 4.78 is 0. The molecule has 1 nitrogen and oxygen atoms in total. The molecule has 0 heterocycles. The van der Waals surface area contributed by atoms with Crippen LogP contribution in [0.15, 0.2) is 6.07 Å². The summed E-state index contributed by atoms with van der Waals surface area (Å²) in [7, 11) is 0. The first-order valence-electron chi connectivity index (χ1n) is 7.84. The standard InChI is InChI=1S/C16H22O.C2H6/c1-16(2,3)15-11-6-4-5-10(11)9-13-12(15)7-8-14(13)17;1-2/h9,14,17H,4-8H2,1-3H3;1-2H3. The Bertz CT molecular complexity index is 466. The highest BCUT2D eigenvalue weighted by Crippen LogP contribution is 2.43. The molecule has 0 spiro atoms. The molecule has 1 aromatic rings. The molecule has 0 aliphatic heterocycles. The molecule has 19 heavy (non-hydrogen) atoms. The molecule has 0 amide bonds. The lowest BCUT2D eigenvalue weighted by Gasteiger charge is -2.27. The maximum Gasteiger partial charge on any atom is 0.0796 e. The van der Waals surface area contributed by atoms with E-state index in [9.17, 15) is 5.11 Å². The summed E-state index contributed by atoms with van der Waals surface area (Å²) >= 11 is 0. The molecular weight excluding hydrogens is 232 g/mol. The van der Waals surface area contributed by atoms with Crippen molar-refractivity contribution >= 4 is 0 Å². The Morgan fingerprint density at radius 1 is 1.05 bits per heavy atom. The molecule has 1 N–H and O–H groups in total. The number of fused-ring (bicyclic) bond motifs is 2. The van der Waals surface area contributed by atoms with Crippen LogP contribution in [0.4, 0.5) is 0 Å². The monoisotopic (exact) mass is 260 g/mol. The molecule has 0 bridgehead atoms. The summed E-state index contributed by atoms with van der Waals surface area (Å²) in [5, 5.41) is 10.1. The second-order valence-corrected chi connectivity index (χ2v) is 6.62. The second-order valence-electron chi connectivity index (χ2n) is 6.62. The molecule has 0 saturated heterocycles. The summed E-state index contributed by atoms with van der Waals surface area (Å²) in [6, 6.07) is 2.30. The topological polar surface area (TPSA) is 20.2 Å². The van der Waals surface area contributed by atoms with Crippen molar-refractivity contribution in [1.82, 2.24) is 0 Å². The largest absolute Gasteiger partial charge is 0.388 e. The van der Waals surface area contributed by atoms with Crippen LogP contribution in [0.3, 0.4) is 0 Å². The van der Waals surface area contributed by atoms with Crippen molar-refractivity contribution in [3.63, 3.8) is 0 Å². The number of aryl methyl sites for hydroxylation is 1. The molecule has 1 heteroatoms. The van der Waals surface area contributed by atoms with E-state index in [1.165, 1.54) is 36.0 Å². The highest BCUT2D eigenvalue weighted by Gasteiger charge is 2.32. The average Bonchev–Trinajstić information content (AvgIpc) is 2.95. The van der Waals surface area contributed by atoms with Gasteiger partial charge in [-0.05, 0) is 65.3 Å². The maximum absolute atomic E-state index is 10.1. The maximum atomic E-state index is 10.1. The SMILES string of the molecule is CC.CC(C)(C)c1c2c(cc3c1CCC3O)CCC2. The molecule has 1 atom stereocenters. The van der Waals surface area contributed by atoms with Gasteiger partial charge in [0.2, 0.25) is 0 Å². The van der Waals surface area contributed by atoms with Gasteiger partial charge in [0.05, 0.1) is 6.10 Å². The summed E-state index contributed by atoms with van der Waals surface area (Å²) in [5.41, 5.74) is 7.57. The highest BCUT2D eigenvalue weighted by molar-refractivity contribution is 5.53. The first-order chi connectivity index (χ1) is 8.98. The van der Waals surface area contributed by atoms with Crippen LogP contribution in [0.1, 0.15) is 81.4 Å². The van der Waals surface area contributed by atoms with Crippen LogP contribution in [0.2, 0.25) is 0 Å². The van der Waals surface area contributed by atoms with Crippen LogP contribution in [0, 0.1) is 0 Å². The van der Waals surface area contributed by atoms with Crippen molar-refractivity contribution in [2.75, 3.05) is 0 Å². The predicted molar refractivity (Wildman–Crippen MR) is 81.8 cm³/mol. The Kier molecular flexibility index (Phi) is 4.06. The third-order valence-corrected chi connectivity index (χ3v) is 4.32. The predicted octanol–water partition coefficient (Wildman–Crippen LogP) is 4.48. The quantitative estimate of drug-likeness (QED) is 0.729. The second kappa shape index (κ2) is 5.28. The van der Waals surface area contributed by atoms with Gasteiger partial charge in [-0.25, -0.2) is 0 Å². The fourth-order valence-corrected chi connectivity index (χ4v) is 3.72. The fourth-order valence-electron chi connectivity index (χ4n) is 3.72. The van der Waals surface area contributed by atoms with Crippen molar-refractivity contribution < 1.29 is 5.11 Å². The van der Waals surface area contributed by atoms with E-state index < -0.39 is 0 Å². The molecule has 106 valence electrons. The molecule has 2 aliphatic rings. The third kappa shape index (κ3) is 2.45. The molecule has 0 aromatic heterocycles. The molecule has 1 aromatic carbocycles. The molecule has 2 aliphatic carbocycles. The van der Waals surface area contributed by atoms with Crippen molar-refractivity contribution in [2.45, 2.75) is 78.2 Å². The van der Waals surface area contributed by atoms with Gasteiger partial charge >= 0.3 is 0 Å². The third-order valence-electron chi connectivity index (χ3n) is 4.32. The summed E-state index contributed by atoms with van der Waals surface area (Å²) in [6.45, 7) is 10.9. The van der Waals surface area contributed by atoms with Crippen LogP contribution in [-0.4, -0.2) is 5.11 Å². The molecule has 1 unspecified atom stereocenters. The van der Waals surface area contributed by atoms with E-state index in [0.29, 0.717) is 0 Å². The van der Waals surface area contributed by atoms with E-state index in [0.717, 1.165) is 12.8 Å². The number of benzene rings is 1. The summed E-state index contributed by atoms with van der Waals surface area (Å²) in [5.74, 6) is 0. The zero-order chi connectivity index (χ0) is 14.2. The van der Waals surface area contributed by atoms with Gasteiger partial charge < -0.3 is 5.11 Å². The van der Waals surface area contributed by atoms with E-state index in [1.54, 1.807) is 11.1 Å². The molecule has 0 radical (unpaired) electrons. The van der Waals surface area contributed by atoms with E-state index >= 15 is 0 Å². The number of aliphatic hydroxyl groups is 1. The van der Waals surface area contributed by atoms with Crippen LogP contribution in [0.5, 0.6) is 0 Å². The summed E-state index contributed by atoms with van der Waals surface area (Å²) in [4.78, 5) is 0. The Morgan fingerprint density at radius 3 is 2.37 bits per heavy atom. The smallest absolute Gasteiger partial charge is 0.0796 e. The van der Waals surface area contributed by atoms with Gasteiger partial charge in [0.15, 0.2) is 0 Å². The minimum Gasteiger partial charge on any atom is -0.388 e. The first-order valence-corrected chi connectivity index (χ1v) is 7.84. The molecular formula is C18H28O. The fraction of sp³-hybridized carbons (Fsp3) is 0.667. The molecule has 0 saturated carbocycles. The zero-order valence-corrected chi connectivity index (χ0v) is 13.1. The number of hydrogen-bond acceptors (Lipinski definition) is 1. The van der Waals surface area contributed by atoms with Crippen molar-refractivity contribution in [1.29, 1.82) is 0 Å². The molecule has 0 fully saturated rings. The Hall–Kier alpha value is -0.820. The van der Waals surface area contributed by atoms with E-state index in [-0.39, 0.29) is 11.5 Å². The van der Waals surface area contributed by atoms with Gasteiger partial charge in [-0.15, -0.1) is 0 Å². The van der Waals surface area contributed by atoms with Gasteiger partial charge in [0.25, 0.3) is 0 Å². The minimum absolute atomic E-state index is 0.211. The van der Waals surface area contributed by atoms with Gasteiger partial charge in [-0.1, -0.05) is 40.7 Å². The number of rotatable bonds is 0. The number of aliphatic hydroxyl groups excluding tert-OH is 1. The van der Waals surface area contributed by atoms with E-state index in [2.05, 4.69) is 26.8 Å². The first kappa shape index (κ1) is 14.6. The van der Waals surface area contributed by atoms with Gasteiger partial charge in [0.1, 0.15) is 0 Å². The van der Waals surface area contributed by atoms with Crippen LogP contribution < -0.4 is 0 Å². The van der Waals surface area contributed by atoms with Crippen LogP contribution >= 0.6 is 0 Å². The van der Waals surface area contributed by atoms with Crippen LogP contribution in [-0.2, 0) is 24.7 Å². The lowest BCUT2D eigenvalue weighted by Crippen LogP contribution is -2.17. The molecule has 3 rings (SSSR count). The highest BCUT2D eigenvalue weighted by atomic mass is 16.3. The van der Waals surface area contributed by atoms with Gasteiger partial charge in [0, 0.05) is 0 Å². The van der Waals surface area contributed by atoms with E-state index in [4.69, 9.17) is 0 Å². The average molecular weight is 260 g/mol. The normalized spacial score (nSPS) is 20.6. The Morgan fingerprint density at radius 2 is 1.74 bits per heavy atom. The van der Waals surface area contributed by atoms with Crippen molar-refractivity contribution in [2.24, 2.45) is 0 Å². The Labute approximate surface area is 118 Å². The minimum atomic E-state index is -0.211. The van der Waals surface area contributed by atoms with E-state index in [1.807, 2.05) is 13.8 Å². The zero-order valence-electron chi connectivity index (χ0n) is 13.1. The lowest BCUT2D eigenvalue weighted by atomic mass is 9.78. The Balaban J connectivity index is 0.000000637. The van der Waals surface area contributed by atoms with Gasteiger partial charge in [-0.2, -0.15) is 0 Å².